The van der Waals surface area contributed by atoms with Gasteiger partial charge in [0.2, 0.25) is 0 Å². The second kappa shape index (κ2) is 6.52. The van der Waals surface area contributed by atoms with Crippen molar-refractivity contribution in [3.8, 4) is 0 Å². The van der Waals surface area contributed by atoms with Gasteiger partial charge in [-0.25, -0.2) is 0 Å². The number of nitrogens with one attached hydrogen (secondary N) is 1. The normalized spacial score (nSPS) is 12.4. The van der Waals surface area contributed by atoms with E-state index in [9.17, 15) is 0 Å². The third-order valence-corrected chi connectivity index (χ3v) is 4.03. The Labute approximate surface area is 126 Å². The molecule has 0 aliphatic heterocycles. The zero-order valence-corrected chi connectivity index (χ0v) is 12.6. The fraction of sp³-hybridized carbons (Fsp3) is 0.143. The van der Waals surface area contributed by atoms with Crippen LogP contribution in [0.5, 0.6) is 0 Å². The Morgan fingerprint density at radius 1 is 1.17 bits per heavy atom. The maximum atomic E-state index is 6.05. The van der Waals surface area contributed by atoms with E-state index < -0.39 is 0 Å². The molecular weight excluding hydrogens is 359 g/mol. The van der Waals surface area contributed by atoms with E-state index in [1.54, 1.807) is 0 Å². The van der Waals surface area contributed by atoms with Crippen LogP contribution in [0.1, 0.15) is 17.2 Å². The second-order valence-corrected chi connectivity index (χ2v) is 5.67. The van der Waals surface area contributed by atoms with E-state index in [4.69, 9.17) is 17.4 Å². The smallest absolute Gasteiger partial charge is 0.0511 e. The number of nitrogens with two attached hydrogens (primary N) is 1. The molecule has 0 saturated heterocycles. The summed E-state index contributed by atoms with van der Waals surface area (Å²) in [6.07, 6.45) is 0.841. The first-order chi connectivity index (χ1) is 8.70. The van der Waals surface area contributed by atoms with Crippen molar-refractivity contribution in [3.05, 3.63) is 68.3 Å². The highest BCUT2D eigenvalue weighted by molar-refractivity contribution is 14.1. The molecule has 1 atom stereocenters. The average molecular weight is 373 g/mol. The molecule has 3 N–H and O–H groups in total. The summed E-state index contributed by atoms with van der Waals surface area (Å²) in [5, 5.41) is 0.735. The maximum absolute atomic E-state index is 6.05. The van der Waals surface area contributed by atoms with Gasteiger partial charge in [0.15, 0.2) is 0 Å². The molecule has 2 aromatic carbocycles. The monoisotopic (exact) mass is 372 g/mol. The molecular formula is C14H14ClIN2. The van der Waals surface area contributed by atoms with Gasteiger partial charge in [-0.2, -0.15) is 0 Å². The number of hydrazine groups is 1. The van der Waals surface area contributed by atoms with Gasteiger partial charge in [0.25, 0.3) is 0 Å². The van der Waals surface area contributed by atoms with Crippen molar-refractivity contribution in [1.29, 1.82) is 0 Å². The summed E-state index contributed by atoms with van der Waals surface area (Å²) in [4.78, 5) is 0. The maximum Gasteiger partial charge on any atom is 0.0511 e. The summed E-state index contributed by atoms with van der Waals surface area (Å²) >= 11 is 8.35. The van der Waals surface area contributed by atoms with Gasteiger partial charge in [0.1, 0.15) is 0 Å². The number of rotatable bonds is 4. The van der Waals surface area contributed by atoms with Gasteiger partial charge in [-0.1, -0.05) is 41.9 Å². The molecule has 0 saturated carbocycles. The molecule has 2 aromatic rings. The molecule has 2 nitrogen and oxygen atoms in total. The van der Waals surface area contributed by atoms with Crippen LogP contribution in [0.3, 0.4) is 0 Å². The molecule has 2 rings (SSSR count). The van der Waals surface area contributed by atoms with Crippen molar-refractivity contribution in [1.82, 2.24) is 5.43 Å². The summed E-state index contributed by atoms with van der Waals surface area (Å²) in [5.74, 6) is 5.68. The molecule has 0 heterocycles. The lowest BCUT2D eigenvalue weighted by Gasteiger charge is -2.18. The Balaban J connectivity index is 2.26. The predicted octanol–water partition coefficient (Wildman–Crippen LogP) is 3.69. The van der Waals surface area contributed by atoms with E-state index in [1.807, 2.05) is 36.4 Å². The number of halogens is 2. The number of hydrogen-bond acceptors (Lipinski definition) is 2. The highest BCUT2D eigenvalue weighted by atomic mass is 127. The van der Waals surface area contributed by atoms with Crippen LogP contribution in [0.25, 0.3) is 0 Å². The van der Waals surface area contributed by atoms with Crippen LogP contribution in [0.4, 0.5) is 0 Å². The first-order valence-electron chi connectivity index (χ1n) is 5.65. The molecule has 0 amide bonds. The first kappa shape index (κ1) is 13.8. The van der Waals surface area contributed by atoms with Crippen LogP contribution in [0.2, 0.25) is 5.02 Å². The molecule has 1 unspecified atom stereocenters. The number of benzene rings is 2. The SMILES string of the molecule is NNC(Cc1ccccc1)c1cc(Cl)ccc1I. The second-order valence-electron chi connectivity index (χ2n) is 4.07. The fourth-order valence-electron chi connectivity index (χ4n) is 1.89. The predicted molar refractivity (Wildman–Crippen MR) is 84.4 cm³/mol. The van der Waals surface area contributed by atoms with E-state index >= 15 is 0 Å². The molecule has 0 spiro atoms. The molecule has 0 radical (unpaired) electrons. The van der Waals surface area contributed by atoms with Crippen molar-refractivity contribution in [2.45, 2.75) is 12.5 Å². The zero-order valence-electron chi connectivity index (χ0n) is 9.74. The Kier molecular flexibility index (Phi) is 5.00. The van der Waals surface area contributed by atoms with E-state index in [2.05, 4.69) is 40.1 Å². The van der Waals surface area contributed by atoms with Gasteiger partial charge in [-0.15, -0.1) is 0 Å². The summed E-state index contributed by atoms with van der Waals surface area (Å²) in [5.41, 5.74) is 5.25. The van der Waals surface area contributed by atoms with Crippen LogP contribution >= 0.6 is 34.2 Å². The van der Waals surface area contributed by atoms with Gasteiger partial charge in [-0.05, 0) is 58.3 Å². The van der Waals surface area contributed by atoms with Crippen molar-refractivity contribution in [2.75, 3.05) is 0 Å². The first-order valence-corrected chi connectivity index (χ1v) is 7.11. The third-order valence-electron chi connectivity index (χ3n) is 2.82. The lowest BCUT2D eigenvalue weighted by atomic mass is 9.99. The minimum Gasteiger partial charge on any atom is -0.271 e. The Morgan fingerprint density at radius 2 is 1.89 bits per heavy atom. The van der Waals surface area contributed by atoms with Crippen LogP contribution in [0, 0.1) is 3.57 Å². The average Bonchev–Trinajstić information content (AvgIpc) is 2.40. The standard InChI is InChI=1S/C14H14ClIN2/c15-11-6-7-13(16)12(9-11)14(18-17)8-10-4-2-1-3-5-10/h1-7,9,14,18H,8,17H2. The van der Waals surface area contributed by atoms with Crippen molar-refractivity contribution in [3.63, 3.8) is 0 Å². The van der Waals surface area contributed by atoms with Crippen molar-refractivity contribution < 1.29 is 0 Å². The minimum absolute atomic E-state index is 0.0676. The summed E-state index contributed by atoms with van der Waals surface area (Å²) in [7, 11) is 0. The quantitative estimate of drug-likeness (QED) is 0.488. The molecule has 0 fully saturated rings. The summed E-state index contributed by atoms with van der Waals surface area (Å²) in [6.45, 7) is 0. The topological polar surface area (TPSA) is 38.0 Å². The Morgan fingerprint density at radius 3 is 2.56 bits per heavy atom. The molecule has 4 heteroatoms. The van der Waals surface area contributed by atoms with Crippen LogP contribution in [-0.4, -0.2) is 0 Å². The highest BCUT2D eigenvalue weighted by Crippen LogP contribution is 2.26. The van der Waals surface area contributed by atoms with Crippen molar-refractivity contribution >= 4 is 34.2 Å². The Hall–Kier alpha value is -0.620. The highest BCUT2D eigenvalue weighted by Gasteiger charge is 2.14. The zero-order chi connectivity index (χ0) is 13.0. The van der Waals surface area contributed by atoms with Gasteiger partial charge in [-0.3, -0.25) is 11.3 Å². The van der Waals surface area contributed by atoms with Crippen molar-refractivity contribution in [2.24, 2.45) is 5.84 Å². The van der Waals surface area contributed by atoms with Crippen LogP contribution in [-0.2, 0) is 6.42 Å². The van der Waals surface area contributed by atoms with E-state index in [0.717, 1.165) is 20.6 Å². The Bertz CT molecular complexity index is 516. The van der Waals surface area contributed by atoms with Gasteiger partial charge in [0, 0.05) is 8.59 Å². The molecule has 0 aliphatic carbocycles. The van der Waals surface area contributed by atoms with E-state index in [-0.39, 0.29) is 6.04 Å². The molecule has 94 valence electrons. The number of hydrogen-bond donors (Lipinski definition) is 2. The van der Waals surface area contributed by atoms with Crippen LogP contribution in [0.15, 0.2) is 48.5 Å². The fourth-order valence-corrected chi connectivity index (χ4v) is 2.78. The van der Waals surface area contributed by atoms with E-state index in [1.165, 1.54) is 5.56 Å². The minimum atomic E-state index is 0.0676. The molecule has 18 heavy (non-hydrogen) atoms. The van der Waals surface area contributed by atoms with Gasteiger partial charge in [0.05, 0.1) is 6.04 Å². The molecule has 0 aromatic heterocycles. The molecule has 0 bridgehead atoms. The van der Waals surface area contributed by atoms with Gasteiger partial charge >= 0.3 is 0 Å². The third kappa shape index (κ3) is 3.45. The van der Waals surface area contributed by atoms with Gasteiger partial charge < -0.3 is 0 Å². The lowest BCUT2D eigenvalue weighted by Crippen LogP contribution is -2.30. The molecule has 0 aliphatic rings. The lowest BCUT2D eigenvalue weighted by molar-refractivity contribution is 0.550. The van der Waals surface area contributed by atoms with E-state index in [0.29, 0.717) is 0 Å². The van der Waals surface area contributed by atoms with Crippen LogP contribution < -0.4 is 11.3 Å². The largest absolute Gasteiger partial charge is 0.271 e. The summed E-state index contributed by atoms with van der Waals surface area (Å²) < 4.78 is 1.16. The summed E-state index contributed by atoms with van der Waals surface area (Å²) in [6, 6.07) is 16.2.